The molecule has 1 N–H and O–H groups in total. The average molecular weight is 710 g/mol. The Morgan fingerprint density at radius 1 is 0.827 bits per heavy atom. The molecular weight excluding hydrogens is 643 g/mol. The Hall–Kier alpha value is -3.08. The molecule has 0 radical (unpaired) electrons. The van der Waals surface area contributed by atoms with Crippen molar-refractivity contribution < 1.29 is 19.1 Å². The molecule has 0 aromatic heterocycles. The maximum Gasteiger partial charge on any atom is 0.338 e. The van der Waals surface area contributed by atoms with Gasteiger partial charge in [-0.1, -0.05) is 91.7 Å². The van der Waals surface area contributed by atoms with E-state index in [0.717, 1.165) is 66.9 Å². The third-order valence-corrected chi connectivity index (χ3v) is 14.3. The van der Waals surface area contributed by atoms with E-state index in [1.165, 1.54) is 70.6 Å². The molecule has 2 aromatic carbocycles. The maximum atomic E-state index is 13.3. The summed E-state index contributed by atoms with van der Waals surface area (Å²) in [5, 5.41) is 2.95. The van der Waals surface area contributed by atoms with Crippen molar-refractivity contribution in [2.45, 2.75) is 144 Å². The average Bonchev–Trinajstić information content (AvgIpc) is 3.49. The SMILES string of the molecule is CCCCCCOc1ccc(C(=O)Nc2ccc(C(=O)OC3CC[C@@]4(C)C(=CC[C@H]5[C@@H]6CC[C@H]([C@H](C)CCCC(C)C)[C@@]6(C)CC[C@@H]54)C3)cc2)cc1. The zero-order chi connectivity index (χ0) is 36.9. The summed E-state index contributed by atoms with van der Waals surface area (Å²) in [5.74, 6) is 5.24. The monoisotopic (exact) mass is 710 g/mol. The van der Waals surface area contributed by atoms with Gasteiger partial charge >= 0.3 is 5.97 Å². The second kappa shape index (κ2) is 16.9. The lowest BCUT2D eigenvalue weighted by Crippen LogP contribution is -2.51. The van der Waals surface area contributed by atoms with Crippen LogP contribution < -0.4 is 10.1 Å². The predicted molar refractivity (Wildman–Crippen MR) is 213 cm³/mol. The molecule has 5 nitrogen and oxygen atoms in total. The number of fused-ring (bicyclic) bond motifs is 5. The fraction of sp³-hybridized carbons (Fsp3) is 0.660. The number of allylic oxidation sites excluding steroid dienone is 1. The van der Waals surface area contributed by atoms with Crippen LogP contribution in [0, 0.1) is 46.3 Å². The van der Waals surface area contributed by atoms with Crippen LogP contribution in [0.4, 0.5) is 5.69 Å². The largest absolute Gasteiger partial charge is 0.494 e. The molecule has 8 atom stereocenters. The number of carbonyl (C=O) groups is 2. The van der Waals surface area contributed by atoms with E-state index in [9.17, 15) is 9.59 Å². The van der Waals surface area contributed by atoms with Gasteiger partial charge in [-0.05, 0) is 146 Å². The molecule has 3 fully saturated rings. The third-order valence-electron chi connectivity index (χ3n) is 14.3. The zero-order valence-corrected chi connectivity index (χ0v) is 33.2. The Bertz CT molecular complexity index is 1530. The minimum Gasteiger partial charge on any atom is -0.494 e. The molecule has 4 aliphatic rings. The first-order valence-corrected chi connectivity index (χ1v) is 21.1. The topological polar surface area (TPSA) is 64.6 Å². The predicted octanol–water partition coefficient (Wildman–Crippen LogP) is 12.5. The summed E-state index contributed by atoms with van der Waals surface area (Å²) in [6.45, 7) is 15.4. The summed E-state index contributed by atoms with van der Waals surface area (Å²) >= 11 is 0. The molecule has 0 saturated heterocycles. The maximum absolute atomic E-state index is 13.3. The Morgan fingerprint density at radius 3 is 2.31 bits per heavy atom. The van der Waals surface area contributed by atoms with E-state index in [2.05, 4.69) is 52.9 Å². The van der Waals surface area contributed by atoms with E-state index in [1.54, 1.807) is 42.0 Å². The van der Waals surface area contributed by atoms with Crippen LogP contribution in [0.15, 0.2) is 60.2 Å². The second-order valence-corrected chi connectivity index (χ2v) is 18.0. The lowest BCUT2D eigenvalue weighted by Gasteiger charge is -2.58. The van der Waals surface area contributed by atoms with Crippen LogP contribution in [0.3, 0.4) is 0 Å². The van der Waals surface area contributed by atoms with E-state index in [-0.39, 0.29) is 23.4 Å². The Morgan fingerprint density at radius 2 is 1.58 bits per heavy atom. The first-order chi connectivity index (χ1) is 25.0. The van der Waals surface area contributed by atoms with Gasteiger partial charge in [-0.15, -0.1) is 0 Å². The standard InChI is InChI=1S/C47H67NO4/c1-7-8-9-10-30-51-38-21-16-34(17-22-38)44(49)48-37-19-14-35(15-20-37)45(50)52-39-26-28-46(5)36(31-39)18-23-40-42-25-24-41(33(4)13-11-12-32(2)3)47(42,6)29-27-43(40)46/h14-22,32-33,39-43H,7-13,23-31H2,1-6H3,(H,48,49)/t33-,39?,40+,41-,42+,43+,46+,47-/m1/s1. The molecular formula is C47H67NO4. The number of ether oxygens (including phenoxy) is 2. The summed E-state index contributed by atoms with van der Waals surface area (Å²) in [7, 11) is 0. The summed E-state index contributed by atoms with van der Waals surface area (Å²) in [4.78, 5) is 26.2. The summed E-state index contributed by atoms with van der Waals surface area (Å²) in [5.41, 5.74) is 4.00. The van der Waals surface area contributed by atoms with Crippen molar-refractivity contribution in [2.75, 3.05) is 11.9 Å². The highest BCUT2D eigenvalue weighted by molar-refractivity contribution is 6.04. The fourth-order valence-corrected chi connectivity index (χ4v) is 11.3. The van der Waals surface area contributed by atoms with Gasteiger partial charge in [-0.3, -0.25) is 4.79 Å². The zero-order valence-electron chi connectivity index (χ0n) is 33.2. The molecule has 3 saturated carbocycles. The number of nitrogens with one attached hydrogen (secondary N) is 1. The van der Waals surface area contributed by atoms with Gasteiger partial charge in [0.25, 0.3) is 5.91 Å². The van der Waals surface area contributed by atoms with Gasteiger partial charge in [0.2, 0.25) is 0 Å². The summed E-state index contributed by atoms with van der Waals surface area (Å²) in [6, 6.07) is 14.3. The van der Waals surface area contributed by atoms with Gasteiger partial charge < -0.3 is 14.8 Å². The van der Waals surface area contributed by atoms with Gasteiger partial charge in [-0.25, -0.2) is 4.79 Å². The molecule has 5 heteroatoms. The number of benzene rings is 2. The molecule has 1 unspecified atom stereocenters. The highest BCUT2D eigenvalue weighted by atomic mass is 16.5. The molecule has 6 rings (SSSR count). The van der Waals surface area contributed by atoms with Gasteiger partial charge in [0.1, 0.15) is 11.9 Å². The number of hydrogen-bond donors (Lipinski definition) is 1. The van der Waals surface area contributed by atoms with Crippen molar-refractivity contribution in [3.05, 3.63) is 71.3 Å². The molecule has 1 amide bonds. The summed E-state index contributed by atoms with van der Waals surface area (Å²) in [6.07, 6.45) is 21.0. The number of anilines is 1. The van der Waals surface area contributed by atoms with Gasteiger partial charge in [0.05, 0.1) is 12.2 Å². The molecule has 2 aromatic rings. The van der Waals surface area contributed by atoms with Crippen LogP contribution in [0.2, 0.25) is 0 Å². The Balaban J connectivity index is 0.995. The number of carbonyl (C=O) groups excluding carboxylic acids is 2. The summed E-state index contributed by atoms with van der Waals surface area (Å²) < 4.78 is 12.0. The minimum absolute atomic E-state index is 0.0811. The van der Waals surface area contributed by atoms with Crippen LogP contribution in [0.5, 0.6) is 5.75 Å². The van der Waals surface area contributed by atoms with Gasteiger partial charge in [-0.2, -0.15) is 0 Å². The van der Waals surface area contributed by atoms with Gasteiger partial charge in [0, 0.05) is 17.7 Å². The van der Waals surface area contributed by atoms with E-state index in [0.29, 0.717) is 28.8 Å². The van der Waals surface area contributed by atoms with Gasteiger partial charge in [0.15, 0.2) is 0 Å². The Kier molecular flexibility index (Phi) is 12.6. The van der Waals surface area contributed by atoms with Crippen LogP contribution in [0.1, 0.15) is 159 Å². The number of amides is 1. The first-order valence-electron chi connectivity index (χ1n) is 21.1. The molecule has 4 aliphatic carbocycles. The van der Waals surface area contributed by atoms with Crippen molar-refractivity contribution in [1.82, 2.24) is 0 Å². The minimum atomic E-state index is -0.279. The third kappa shape index (κ3) is 8.49. The van der Waals surface area contributed by atoms with Crippen LogP contribution >= 0.6 is 0 Å². The lowest BCUT2D eigenvalue weighted by atomic mass is 9.47. The normalized spacial score (nSPS) is 30.1. The number of esters is 1. The number of rotatable bonds is 15. The Labute approximate surface area is 315 Å². The molecule has 0 bridgehead atoms. The van der Waals surface area contributed by atoms with Crippen molar-refractivity contribution in [2.24, 2.45) is 46.3 Å². The second-order valence-electron chi connectivity index (χ2n) is 18.0. The molecule has 0 heterocycles. The van der Waals surface area contributed by atoms with E-state index < -0.39 is 0 Å². The van der Waals surface area contributed by atoms with Crippen molar-refractivity contribution in [3.8, 4) is 5.75 Å². The number of hydrogen-bond acceptors (Lipinski definition) is 4. The lowest BCUT2D eigenvalue weighted by molar-refractivity contribution is -0.0594. The van der Waals surface area contributed by atoms with E-state index in [4.69, 9.17) is 9.47 Å². The van der Waals surface area contributed by atoms with E-state index in [1.807, 2.05) is 12.1 Å². The van der Waals surface area contributed by atoms with Crippen molar-refractivity contribution in [3.63, 3.8) is 0 Å². The molecule has 0 aliphatic heterocycles. The van der Waals surface area contributed by atoms with Crippen LogP contribution in [-0.4, -0.2) is 24.6 Å². The first kappa shape index (κ1) is 38.6. The highest BCUT2D eigenvalue weighted by Crippen LogP contribution is 2.67. The van der Waals surface area contributed by atoms with E-state index >= 15 is 0 Å². The molecule has 0 spiro atoms. The molecule has 52 heavy (non-hydrogen) atoms. The van der Waals surface area contributed by atoms with Crippen LogP contribution in [0.25, 0.3) is 0 Å². The van der Waals surface area contributed by atoms with Crippen molar-refractivity contribution in [1.29, 1.82) is 0 Å². The quantitative estimate of drug-likeness (QED) is 0.114. The molecule has 284 valence electrons. The highest BCUT2D eigenvalue weighted by Gasteiger charge is 2.59. The fourth-order valence-electron chi connectivity index (χ4n) is 11.3. The number of unbranched alkanes of at least 4 members (excludes halogenated alkanes) is 3. The van der Waals surface area contributed by atoms with Crippen LogP contribution in [-0.2, 0) is 4.74 Å². The smallest absolute Gasteiger partial charge is 0.338 e. The van der Waals surface area contributed by atoms with Crippen molar-refractivity contribution >= 4 is 17.6 Å².